The van der Waals surface area contributed by atoms with E-state index in [1.54, 1.807) is 19.9 Å². The van der Waals surface area contributed by atoms with E-state index in [0.29, 0.717) is 66.9 Å². The molecule has 0 aromatic heterocycles. The van der Waals surface area contributed by atoms with E-state index < -0.39 is 17.4 Å². The lowest BCUT2D eigenvalue weighted by Gasteiger charge is -2.38. The van der Waals surface area contributed by atoms with Gasteiger partial charge in [0.25, 0.3) is 0 Å². The molecule has 2 aliphatic carbocycles. The highest BCUT2D eigenvalue weighted by molar-refractivity contribution is 5.87. The molecule has 8 heteroatoms. The molecule has 3 aromatic rings. The Morgan fingerprint density at radius 3 is 1.75 bits per heavy atom. The summed E-state index contributed by atoms with van der Waals surface area (Å²) in [6, 6.07) is 16.4. The summed E-state index contributed by atoms with van der Waals surface area (Å²) in [5, 5.41) is 20.5. The highest BCUT2D eigenvalue weighted by Gasteiger charge is 2.32. The zero-order valence-corrected chi connectivity index (χ0v) is 40.4. The smallest absolute Gasteiger partial charge is 0.333 e. The Kier molecular flexibility index (Phi) is 20.4. The fourth-order valence-corrected chi connectivity index (χ4v) is 10.2. The maximum atomic E-state index is 16.3. The summed E-state index contributed by atoms with van der Waals surface area (Å²) in [6.07, 6.45) is 19.2. The first kappa shape index (κ1) is 51.7. The van der Waals surface area contributed by atoms with Crippen molar-refractivity contribution in [3.63, 3.8) is 0 Å². The van der Waals surface area contributed by atoms with Crippen LogP contribution in [-0.2, 0) is 38.3 Å². The number of rotatable bonds is 25. The van der Waals surface area contributed by atoms with Crippen molar-refractivity contribution in [2.75, 3.05) is 33.0 Å². The lowest BCUT2D eigenvalue weighted by Crippen LogP contribution is -2.36. The van der Waals surface area contributed by atoms with E-state index in [0.717, 1.165) is 69.5 Å². The first-order valence-corrected chi connectivity index (χ1v) is 24.9. The average Bonchev–Trinajstić information content (AvgIpc) is 3.32. The summed E-state index contributed by atoms with van der Waals surface area (Å²) in [5.41, 5.74) is 7.16. The zero-order chi connectivity index (χ0) is 46.9. The number of aliphatic hydroxyl groups excluding tert-OH is 2. The number of unbranched alkanes of at least 4 members (excludes halogenated alkanes) is 2. The van der Waals surface area contributed by atoms with Gasteiger partial charge in [-0.3, -0.25) is 0 Å². The van der Waals surface area contributed by atoms with Gasteiger partial charge >= 0.3 is 11.9 Å². The van der Waals surface area contributed by atoms with Crippen LogP contribution >= 0.6 is 0 Å². The standard InChI is InChI=1S/C57H79FO7/c1-8-11-12-15-41-18-20-43(21-19-41)44-22-24-45(25-23-44)47-27-29-52(53(58)35-47)51-28-26-46(32-42(51)9-2)50-33-48(16-13-30-63-55(61)39(4)5)54(65-38-57(10-3,36-59)37-60)49(34-50)17-14-31-64-56(62)40(6)7/h26-29,32-35,41,43-45,59-60H,4,6,8-25,30-31,36-38H2,1-3,5,7H3. The molecule has 5 rings (SSSR count). The van der Waals surface area contributed by atoms with Crippen molar-refractivity contribution >= 4 is 11.9 Å². The SMILES string of the molecule is C=C(C)C(=O)OCCCc1cc(-c2ccc(-c3ccc(C4CCC(C5CCC(CCCCC)CC5)CC4)cc3F)c(CC)c2)cc(CCCOC(=O)C(=C)C)c1OCC(CC)(CO)CO. The van der Waals surface area contributed by atoms with Gasteiger partial charge in [-0.25, -0.2) is 14.0 Å². The Labute approximate surface area is 390 Å². The third kappa shape index (κ3) is 14.4. The normalized spacial score (nSPS) is 18.8. The summed E-state index contributed by atoms with van der Waals surface area (Å²) in [5.74, 6) is 2.62. The predicted octanol–water partition coefficient (Wildman–Crippen LogP) is 13.2. The van der Waals surface area contributed by atoms with Gasteiger partial charge in [0.2, 0.25) is 0 Å². The number of esters is 2. The molecule has 2 aliphatic rings. The van der Waals surface area contributed by atoms with Crippen molar-refractivity contribution in [2.24, 2.45) is 23.2 Å². The van der Waals surface area contributed by atoms with Crippen molar-refractivity contribution in [1.82, 2.24) is 0 Å². The predicted molar refractivity (Wildman–Crippen MR) is 262 cm³/mol. The minimum atomic E-state index is -0.841. The number of hydrogen-bond acceptors (Lipinski definition) is 7. The third-order valence-corrected chi connectivity index (χ3v) is 14.7. The number of carbonyl (C=O) groups is 2. The fourth-order valence-electron chi connectivity index (χ4n) is 10.2. The molecule has 2 saturated carbocycles. The molecule has 0 aliphatic heterocycles. The van der Waals surface area contributed by atoms with Crippen molar-refractivity contribution in [1.29, 1.82) is 0 Å². The van der Waals surface area contributed by atoms with Crippen molar-refractivity contribution in [3.8, 4) is 28.0 Å². The van der Waals surface area contributed by atoms with Crippen LogP contribution in [0.1, 0.15) is 159 Å². The lowest BCUT2D eigenvalue weighted by atomic mass is 9.68. The van der Waals surface area contributed by atoms with Crippen molar-refractivity contribution in [3.05, 3.63) is 101 Å². The molecular formula is C57H79FO7. The van der Waals surface area contributed by atoms with E-state index in [4.69, 9.17) is 14.2 Å². The number of aliphatic hydroxyl groups is 2. The molecule has 0 spiro atoms. The number of benzene rings is 3. The second kappa shape index (κ2) is 25.6. The first-order chi connectivity index (χ1) is 31.3. The molecule has 356 valence electrons. The van der Waals surface area contributed by atoms with E-state index >= 15 is 4.39 Å². The molecule has 0 amide bonds. The Hall–Kier alpha value is -4.27. The van der Waals surface area contributed by atoms with E-state index in [1.165, 1.54) is 64.2 Å². The molecule has 0 radical (unpaired) electrons. The molecular weight excluding hydrogens is 816 g/mol. The zero-order valence-electron chi connectivity index (χ0n) is 40.4. The van der Waals surface area contributed by atoms with Crippen LogP contribution in [0.5, 0.6) is 5.75 Å². The van der Waals surface area contributed by atoms with Gasteiger partial charge in [-0.05, 0) is 172 Å². The molecule has 3 aromatic carbocycles. The molecule has 2 N–H and O–H groups in total. The van der Waals surface area contributed by atoms with Crippen LogP contribution in [0, 0.1) is 29.0 Å². The summed E-state index contributed by atoms with van der Waals surface area (Å²) in [7, 11) is 0. The molecule has 0 saturated heterocycles. The second-order valence-corrected chi connectivity index (χ2v) is 19.5. The number of aryl methyl sites for hydroxylation is 3. The molecule has 2 fully saturated rings. The Morgan fingerprint density at radius 1 is 0.692 bits per heavy atom. The number of hydrogen-bond donors (Lipinski definition) is 2. The Morgan fingerprint density at radius 2 is 1.25 bits per heavy atom. The molecule has 7 nitrogen and oxygen atoms in total. The highest BCUT2D eigenvalue weighted by Crippen LogP contribution is 2.45. The number of halogens is 1. The van der Waals surface area contributed by atoms with E-state index in [9.17, 15) is 19.8 Å². The van der Waals surface area contributed by atoms with Gasteiger partial charge in [0.15, 0.2) is 0 Å². The summed E-state index contributed by atoms with van der Waals surface area (Å²) in [4.78, 5) is 24.4. The van der Waals surface area contributed by atoms with Crippen LogP contribution in [0.4, 0.5) is 4.39 Å². The average molecular weight is 895 g/mol. The first-order valence-electron chi connectivity index (χ1n) is 24.9. The van der Waals surface area contributed by atoms with Crippen LogP contribution < -0.4 is 4.74 Å². The fraction of sp³-hybridized carbons (Fsp3) is 0.579. The minimum Gasteiger partial charge on any atom is -0.492 e. The highest BCUT2D eigenvalue weighted by atomic mass is 19.1. The van der Waals surface area contributed by atoms with Gasteiger partial charge in [-0.1, -0.05) is 103 Å². The summed E-state index contributed by atoms with van der Waals surface area (Å²) in [6.45, 7) is 16.9. The molecule has 65 heavy (non-hydrogen) atoms. The van der Waals surface area contributed by atoms with Gasteiger partial charge in [0, 0.05) is 16.7 Å². The van der Waals surface area contributed by atoms with E-state index in [-0.39, 0.29) is 38.9 Å². The molecule has 0 atom stereocenters. The van der Waals surface area contributed by atoms with Crippen LogP contribution in [0.3, 0.4) is 0 Å². The van der Waals surface area contributed by atoms with Crippen LogP contribution in [-0.4, -0.2) is 55.2 Å². The summed E-state index contributed by atoms with van der Waals surface area (Å²) >= 11 is 0. The Bertz CT molecular complexity index is 1970. The van der Waals surface area contributed by atoms with Crippen LogP contribution in [0.25, 0.3) is 22.3 Å². The van der Waals surface area contributed by atoms with Crippen molar-refractivity contribution in [2.45, 2.75) is 156 Å². The van der Waals surface area contributed by atoms with Gasteiger partial charge in [-0.2, -0.15) is 0 Å². The quantitative estimate of drug-likeness (QED) is 0.0496. The van der Waals surface area contributed by atoms with Crippen molar-refractivity contribution < 1.29 is 38.4 Å². The second-order valence-electron chi connectivity index (χ2n) is 19.5. The summed E-state index contributed by atoms with van der Waals surface area (Å²) < 4.78 is 33.7. The van der Waals surface area contributed by atoms with Gasteiger partial charge in [-0.15, -0.1) is 0 Å². The minimum absolute atomic E-state index is 0.0888. The van der Waals surface area contributed by atoms with Crippen LogP contribution in [0.2, 0.25) is 0 Å². The number of ether oxygens (including phenoxy) is 3. The van der Waals surface area contributed by atoms with Gasteiger partial charge in [0.1, 0.15) is 11.6 Å². The lowest BCUT2D eigenvalue weighted by molar-refractivity contribution is -0.139. The van der Waals surface area contributed by atoms with Gasteiger partial charge in [0.05, 0.1) is 38.4 Å². The topological polar surface area (TPSA) is 102 Å². The largest absolute Gasteiger partial charge is 0.492 e. The molecule has 0 unspecified atom stereocenters. The van der Waals surface area contributed by atoms with Gasteiger partial charge < -0.3 is 24.4 Å². The third-order valence-electron chi connectivity index (χ3n) is 14.7. The van der Waals surface area contributed by atoms with E-state index in [2.05, 4.69) is 51.3 Å². The molecule has 0 bridgehead atoms. The van der Waals surface area contributed by atoms with Crippen LogP contribution in [0.15, 0.2) is 72.8 Å². The maximum Gasteiger partial charge on any atom is 0.333 e. The monoisotopic (exact) mass is 895 g/mol. The maximum absolute atomic E-state index is 16.3. The van der Waals surface area contributed by atoms with E-state index in [1.807, 2.05) is 25.1 Å². The molecule has 0 heterocycles. The number of carbonyl (C=O) groups excluding carboxylic acids is 2. The Balaban J connectivity index is 1.38.